The van der Waals surface area contributed by atoms with Crippen LogP contribution in [0.3, 0.4) is 0 Å². The van der Waals surface area contributed by atoms with Crippen LogP contribution in [-0.4, -0.2) is 23.9 Å². The summed E-state index contributed by atoms with van der Waals surface area (Å²) in [4.78, 5) is 13.8. The van der Waals surface area contributed by atoms with Gasteiger partial charge in [-0.1, -0.05) is 44.0 Å². The van der Waals surface area contributed by atoms with E-state index >= 15 is 0 Å². The quantitative estimate of drug-likeness (QED) is 0.840. The second kappa shape index (κ2) is 7.17. The third kappa shape index (κ3) is 4.15. The molecule has 3 nitrogen and oxygen atoms in total. The van der Waals surface area contributed by atoms with Crippen LogP contribution >= 0.6 is 0 Å². The monoisotopic (exact) mass is 248 g/mol. The Morgan fingerprint density at radius 2 is 2.06 bits per heavy atom. The zero-order valence-electron chi connectivity index (χ0n) is 11.6. The highest BCUT2D eigenvalue weighted by atomic mass is 16.2. The Labute approximate surface area is 110 Å². The van der Waals surface area contributed by atoms with Crippen LogP contribution in [0, 0.1) is 6.92 Å². The van der Waals surface area contributed by atoms with Gasteiger partial charge in [-0.2, -0.15) is 0 Å². The number of unbranched alkanes of at least 4 members (excludes halogenated alkanes) is 1. The van der Waals surface area contributed by atoms with Crippen molar-refractivity contribution in [2.45, 2.75) is 45.7 Å². The van der Waals surface area contributed by atoms with Gasteiger partial charge in [0.05, 0.1) is 6.04 Å². The van der Waals surface area contributed by atoms with Crippen molar-refractivity contribution in [1.82, 2.24) is 4.90 Å². The molecule has 3 heteroatoms. The number of rotatable bonds is 6. The molecule has 2 N–H and O–H groups in total. The Morgan fingerprint density at radius 1 is 1.39 bits per heavy atom. The van der Waals surface area contributed by atoms with Gasteiger partial charge < -0.3 is 10.6 Å². The van der Waals surface area contributed by atoms with Crippen LogP contribution in [0.2, 0.25) is 0 Å². The van der Waals surface area contributed by atoms with Gasteiger partial charge in [-0.15, -0.1) is 0 Å². The first-order chi connectivity index (χ1) is 8.56. The number of hydrogen-bond acceptors (Lipinski definition) is 2. The summed E-state index contributed by atoms with van der Waals surface area (Å²) in [5.74, 6) is 0.0340. The number of nitrogens with two attached hydrogens (primary N) is 1. The van der Waals surface area contributed by atoms with Gasteiger partial charge in [0.1, 0.15) is 0 Å². The largest absolute Gasteiger partial charge is 0.340 e. The molecule has 0 unspecified atom stereocenters. The topological polar surface area (TPSA) is 46.3 Å². The number of hydrogen-bond donors (Lipinski definition) is 1. The summed E-state index contributed by atoms with van der Waals surface area (Å²) in [6.07, 6.45) is 2.85. The van der Waals surface area contributed by atoms with E-state index in [2.05, 4.69) is 26.0 Å². The third-order valence-corrected chi connectivity index (χ3v) is 3.23. The Kier molecular flexibility index (Phi) is 5.86. The maximum absolute atomic E-state index is 12.1. The van der Waals surface area contributed by atoms with Gasteiger partial charge in [0.15, 0.2) is 0 Å². The Hall–Kier alpha value is -1.35. The van der Waals surface area contributed by atoms with Gasteiger partial charge in [0.25, 0.3) is 0 Å². The van der Waals surface area contributed by atoms with Crippen molar-refractivity contribution in [2.24, 2.45) is 5.73 Å². The highest BCUT2D eigenvalue weighted by molar-refractivity contribution is 5.81. The predicted octanol–water partition coefficient (Wildman–Crippen LogP) is 2.47. The SMILES string of the molecule is CCCC[C@H](N)C(=O)N(C)Cc1ccccc1C. The zero-order chi connectivity index (χ0) is 13.5. The van der Waals surface area contributed by atoms with Crippen molar-refractivity contribution in [3.63, 3.8) is 0 Å². The van der Waals surface area contributed by atoms with E-state index in [4.69, 9.17) is 5.73 Å². The fraction of sp³-hybridized carbons (Fsp3) is 0.533. The van der Waals surface area contributed by atoms with Crippen molar-refractivity contribution in [3.05, 3.63) is 35.4 Å². The van der Waals surface area contributed by atoms with Crippen molar-refractivity contribution in [1.29, 1.82) is 0 Å². The molecule has 0 aliphatic carbocycles. The van der Waals surface area contributed by atoms with Gasteiger partial charge in [-0.3, -0.25) is 4.79 Å². The second-order valence-electron chi connectivity index (χ2n) is 4.87. The molecule has 1 aromatic rings. The fourth-order valence-electron chi connectivity index (χ4n) is 1.95. The van der Waals surface area contributed by atoms with Crippen molar-refractivity contribution in [3.8, 4) is 0 Å². The summed E-state index contributed by atoms with van der Waals surface area (Å²) < 4.78 is 0. The first kappa shape index (κ1) is 14.7. The molecule has 0 fully saturated rings. The van der Waals surface area contributed by atoms with E-state index in [1.54, 1.807) is 4.90 Å². The number of aryl methyl sites for hydroxylation is 1. The minimum Gasteiger partial charge on any atom is -0.340 e. The maximum Gasteiger partial charge on any atom is 0.239 e. The average molecular weight is 248 g/mol. The van der Waals surface area contributed by atoms with Gasteiger partial charge >= 0.3 is 0 Å². The Balaban J connectivity index is 2.57. The van der Waals surface area contributed by atoms with Gasteiger partial charge in [-0.25, -0.2) is 0 Å². The molecule has 1 amide bonds. The number of amides is 1. The molecule has 0 saturated heterocycles. The van der Waals surface area contributed by atoms with Crippen LogP contribution in [0.5, 0.6) is 0 Å². The standard InChI is InChI=1S/C15H24N2O/c1-4-5-10-14(16)15(18)17(3)11-13-9-7-6-8-12(13)2/h6-9,14H,4-5,10-11,16H2,1-3H3/t14-/m0/s1. The lowest BCUT2D eigenvalue weighted by Crippen LogP contribution is -2.41. The number of nitrogens with zero attached hydrogens (tertiary/aromatic N) is 1. The summed E-state index contributed by atoms with van der Waals surface area (Å²) in [5.41, 5.74) is 8.29. The van der Waals surface area contributed by atoms with Crippen LogP contribution in [0.1, 0.15) is 37.3 Å². The van der Waals surface area contributed by atoms with E-state index in [0.29, 0.717) is 6.54 Å². The summed E-state index contributed by atoms with van der Waals surface area (Å²) in [7, 11) is 1.82. The van der Waals surface area contributed by atoms with Gasteiger partial charge in [-0.05, 0) is 24.5 Å². The smallest absolute Gasteiger partial charge is 0.239 e. The first-order valence-corrected chi connectivity index (χ1v) is 6.61. The second-order valence-corrected chi connectivity index (χ2v) is 4.87. The van der Waals surface area contributed by atoms with Crippen LogP contribution in [-0.2, 0) is 11.3 Å². The van der Waals surface area contributed by atoms with Gasteiger partial charge in [0, 0.05) is 13.6 Å². The highest BCUT2D eigenvalue weighted by Gasteiger charge is 2.17. The Bertz CT molecular complexity index is 390. The molecule has 0 heterocycles. The molecule has 1 rings (SSSR count). The molecule has 0 aliphatic heterocycles. The van der Waals surface area contributed by atoms with Crippen LogP contribution < -0.4 is 5.73 Å². The molecule has 1 atom stereocenters. The van der Waals surface area contributed by atoms with Crippen LogP contribution in [0.15, 0.2) is 24.3 Å². The summed E-state index contributed by atoms with van der Waals surface area (Å²) >= 11 is 0. The van der Waals surface area contributed by atoms with Crippen molar-refractivity contribution in [2.75, 3.05) is 7.05 Å². The summed E-state index contributed by atoms with van der Waals surface area (Å²) in [6.45, 7) is 4.80. The van der Waals surface area contributed by atoms with E-state index in [1.807, 2.05) is 19.2 Å². The van der Waals surface area contributed by atoms with E-state index in [9.17, 15) is 4.79 Å². The molecule has 100 valence electrons. The lowest BCUT2D eigenvalue weighted by molar-refractivity contribution is -0.132. The lowest BCUT2D eigenvalue weighted by Gasteiger charge is -2.22. The number of benzene rings is 1. The molecular formula is C15H24N2O. The molecule has 0 aliphatic rings. The molecule has 0 saturated carbocycles. The molecule has 1 aromatic carbocycles. The maximum atomic E-state index is 12.1. The van der Waals surface area contributed by atoms with Crippen LogP contribution in [0.25, 0.3) is 0 Å². The fourth-order valence-corrected chi connectivity index (χ4v) is 1.95. The Morgan fingerprint density at radius 3 is 2.67 bits per heavy atom. The molecule has 18 heavy (non-hydrogen) atoms. The van der Waals surface area contributed by atoms with E-state index < -0.39 is 0 Å². The van der Waals surface area contributed by atoms with E-state index in [1.165, 1.54) is 11.1 Å². The minimum absolute atomic E-state index is 0.0340. The van der Waals surface area contributed by atoms with E-state index in [0.717, 1.165) is 19.3 Å². The third-order valence-electron chi connectivity index (χ3n) is 3.23. The normalized spacial score (nSPS) is 12.2. The first-order valence-electron chi connectivity index (χ1n) is 6.61. The summed E-state index contributed by atoms with van der Waals surface area (Å²) in [6, 6.07) is 7.76. The predicted molar refractivity (Wildman–Crippen MR) is 75.2 cm³/mol. The molecule has 0 aromatic heterocycles. The zero-order valence-corrected chi connectivity index (χ0v) is 11.6. The van der Waals surface area contributed by atoms with Crippen LogP contribution in [0.4, 0.5) is 0 Å². The number of likely N-dealkylation sites (N-methyl/N-ethyl adjacent to an activating group) is 1. The minimum atomic E-state index is -0.362. The van der Waals surface area contributed by atoms with Gasteiger partial charge in [0.2, 0.25) is 5.91 Å². The average Bonchev–Trinajstić information content (AvgIpc) is 2.37. The highest BCUT2D eigenvalue weighted by Crippen LogP contribution is 2.11. The molecular weight excluding hydrogens is 224 g/mol. The van der Waals surface area contributed by atoms with E-state index in [-0.39, 0.29) is 11.9 Å². The van der Waals surface area contributed by atoms with Crippen molar-refractivity contribution < 1.29 is 4.79 Å². The lowest BCUT2D eigenvalue weighted by atomic mass is 10.1. The number of carbonyl (C=O) groups excluding carboxylic acids is 1. The number of carbonyl (C=O) groups is 1. The molecule has 0 spiro atoms. The molecule has 0 bridgehead atoms. The molecule has 0 radical (unpaired) electrons. The summed E-state index contributed by atoms with van der Waals surface area (Å²) in [5, 5.41) is 0. The van der Waals surface area contributed by atoms with Crippen molar-refractivity contribution >= 4 is 5.91 Å².